The lowest BCUT2D eigenvalue weighted by atomic mass is 10.2. The molecule has 0 atom stereocenters. The second kappa shape index (κ2) is 10.7. The minimum Gasteiger partial charge on any atom is -0.490 e. The van der Waals surface area contributed by atoms with Crippen LogP contribution in [-0.2, 0) is 13.3 Å². The van der Waals surface area contributed by atoms with Crippen LogP contribution in [0, 0.1) is 0 Å². The predicted molar refractivity (Wildman–Crippen MR) is 117 cm³/mol. The molecule has 0 aliphatic heterocycles. The fraction of sp³-hybridized carbons (Fsp3) is 0.273. The fourth-order valence-corrected chi connectivity index (χ4v) is 2.97. The number of rotatable bonds is 10. The number of hydrogen-bond donors (Lipinski definition) is 1. The summed E-state index contributed by atoms with van der Waals surface area (Å²) in [6.45, 7) is 5.51. The summed E-state index contributed by atoms with van der Waals surface area (Å²) in [5, 5.41) is 7.14. The van der Waals surface area contributed by atoms with Crippen molar-refractivity contribution in [1.29, 1.82) is 0 Å². The Bertz CT molecular complexity index is 973. The van der Waals surface area contributed by atoms with Gasteiger partial charge in [0.15, 0.2) is 18.2 Å². The Morgan fingerprint density at radius 2 is 1.73 bits per heavy atom. The number of nitrogens with one attached hydrogen (secondary N) is 1. The van der Waals surface area contributed by atoms with Crippen molar-refractivity contribution in [3.63, 3.8) is 0 Å². The number of benzene rings is 2. The van der Waals surface area contributed by atoms with E-state index in [1.165, 1.54) is 0 Å². The van der Waals surface area contributed by atoms with Gasteiger partial charge in [-0.3, -0.25) is 4.79 Å². The number of halogens is 1. The molecule has 3 rings (SSSR count). The van der Waals surface area contributed by atoms with E-state index in [1.54, 1.807) is 16.9 Å². The summed E-state index contributed by atoms with van der Waals surface area (Å²) in [5.41, 5.74) is 1.23. The van der Waals surface area contributed by atoms with E-state index in [0.29, 0.717) is 37.0 Å². The lowest BCUT2D eigenvalue weighted by molar-refractivity contribution is 0.0943. The molecule has 0 aliphatic rings. The Hall–Kier alpha value is -3.00. The van der Waals surface area contributed by atoms with Gasteiger partial charge in [-0.15, -0.1) is 0 Å². The third-order valence-electron chi connectivity index (χ3n) is 4.11. The van der Waals surface area contributed by atoms with Crippen molar-refractivity contribution in [2.75, 3.05) is 13.2 Å². The second-order valence-electron chi connectivity index (χ2n) is 6.30. The highest BCUT2D eigenvalue weighted by Crippen LogP contribution is 2.28. The van der Waals surface area contributed by atoms with Gasteiger partial charge >= 0.3 is 0 Å². The molecule has 0 bridgehead atoms. The van der Waals surface area contributed by atoms with E-state index in [9.17, 15) is 4.79 Å². The van der Waals surface area contributed by atoms with Crippen LogP contribution in [0.25, 0.3) is 0 Å². The van der Waals surface area contributed by atoms with Crippen LogP contribution >= 0.6 is 15.9 Å². The molecule has 158 valence electrons. The lowest BCUT2D eigenvalue weighted by Crippen LogP contribution is -2.23. The third-order valence-corrected chi connectivity index (χ3v) is 4.64. The molecular formula is C22H24BrN3O4. The van der Waals surface area contributed by atoms with Gasteiger partial charge in [0.05, 0.1) is 13.2 Å². The van der Waals surface area contributed by atoms with Crippen LogP contribution in [0.4, 0.5) is 0 Å². The molecule has 0 saturated carbocycles. The molecule has 0 radical (unpaired) electrons. The van der Waals surface area contributed by atoms with Gasteiger partial charge in [0.2, 0.25) is 0 Å². The van der Waals surface area contributed by atoms with Crippen LogP contribution in [0.1, 0.15) is 29.9 Å². The standard InChI is InChI=1S/C22H24BrN3O4/c1-3-28-20-10-5-16(13-21(20)29-4-2)14-24-22(27)19-11-12-26(25-19)15-30-18-8-6-17(23)7-9-18/h5-13H,3-4,14-15H2,1-2H3,(H,24,27). The van der Waals surface area contributed by atoms with Crippen molar-refractivity contribution in [3.05, 3.63) is 70.5 Å². The van der Waals surface area contributed by atoms with Gasteiger partial charge in [0.25, 0.3) is 5.91 Å². The van der Waals surface area contributed by atoms with Crippen LogP contribution in [0.3, 0.4) is 0 Å². The average molecular weight is 474 g/mol. The van der Waals surface area contributed by atoms with Crippen LogP contribution in [0.15, 0.2) is 59.2 Å². The highest BCUT2D eigenvalue weighted by atomic mass is 79.9. The number of ether oxygens (including phenoxy) is 3. The van der Waals surface area contributed by atoms with Crippen LogP contribution < -0.4 is 19.5 Å². The Balaban J connectivity index is 1.55. The van der Waals surface area contributed by atoms with Crippen molar-refractivity contribution in [2.24, 2.45) is 0 Å². The average Bonchev–Trinajstić information content (AvgIpc) is 3.23. The van der Waals surface area contributed by atoms with Crippen molar-refractivity contribution in [1.82, 2.24) is 15.1 Å². The summed E-state index contributed by atoms with van der Waals surface area (Å²) in [6.07, 6.45) is 1.71. The molecule has 0 aliphatic carbocycles. The molecule has 8 heteroatoms. The van der Waals surface area contributed by atoms with Crippen LogP contribution in [0.5, 0.6) is 17.2 Å². The first-order chi connectivity index (χ1) is 14.6. The Morgan fingerprint density at radius 3 is 2.47 bits per heavy atom. The zero-order valence-electron chi connectivity index (χ0n) is 16.9. The SMILES string of the molecule is CCOc1ccc(CNC(=O)c2ccn(COc3ccc(Br)cc3)n2)cc1OCC. The molecule has 1 N–H and O–H groups in total. The van der Waals surface area contributed by atoms with E-state index >= 15 is 0 Å². The molecular weight excluding hydrogens is 450 g/mol. The Morgan fingerprint density at radius 1 is 1.00 bits per heavy atom. The lowest BCUT2D eigenvalue weighted by Gasteiger charge is -2.12. The summed E-state index contributed by atoms with van der Waals surface area (Å²) in [4.78, 5) is 12.4. The first kappa shape index (κ1) is 21.7. The molecule has 30 heavy (non-hydrogen) atoms. The van der Waals surface area contributed by atoms with Crippen molar-refractivity contribution in [2.45, 2.75) is 27.1 Å². The van der Waals surface area contributed by atoms with Crippen LogP contribution in [-0.4, -0.2) is 28.9 Å². The van der Waals surface area contributed by atoms with Crippen molar-refractivity contribution >= 4 is 21.8 Å². The maximum absolute atomic E-state index is 12.4. The minimum absolute atomic E-state index is 0.214. The first-order valence-corrected chi connectivity index (χ1v) is 10.5. The topological polar surface area (TPSA) is 74.6 Å². The first-order valence-electron chi connectivity index (χ1n) is 9.67. The highest BCUT2D eigenvalue weighted by molar-refractivity contribution is 9.10. The smallest absolute Gasteiger partial charge is 0.272 e. The zero-order chi connectivity index (χ0) is 21.3. The van der Waals surface area contributed by atoms with E-state index in [4.69, 9.17) is 14.2 Å². The largest absolute Gasteiger partial charge is 0.490 e. The molecule has 0 spiro atoms. The van der Waals surface area contributed by atoms with E-state index in [1.807, 2.05) is 56.3 Å². The Kier molecular flexibility index (Phi) is 7.73. The maximum atomic E-state index is 12.4. The van der Waals surface area contributed by atoms with E-state index in [2.05, 4.69) is 26.3 Å². The number of carbonyl (C=O) groups is 1. The maximum Gasteiger partial charge on any atom is 0.272 e. The van der Waals surface area contributed by atoms with Crippen molar-refractivity contribution < 1.29 is 19.0 Å². The van der Waals surface area contributed by atoms with Gasteiger partial charge in [-0.25, -0.2) is 4.68 Å². The minimum atomic E-state index is -0.260. The molecule has 0 fully saturated rings. The van der Waals surface area contributed by atoms with Gasteiger partial charge in [0.1, 0.15) is 11.4 Å². The number of aromatic nitrogens is 2. The summed E-state index contributed by atoms with van der Waals surface area (Å²) in [7, 11) is 0. The number of nitrogens with zero attached hydrogens (tertiary/aromatic N) is 2. The molecule has 0 saturated heterocycles. The highest BCUT2D eigenvalue weighted by Gasteiger charge is 2.11. The quantitative estimate of drug-likeness (QED) is 0.471. The summed E-state index contributed by atoms with van der Waals surface area (Å²) in [6, 6.07) is 14.8. The number of hydrogen-bond acceptors (Lipinski definition) is 5. The fourth-order valence-electron chi connectivity index (χ4n) is 2.70. The zero-order valence-corrected chi connectivity index (χ0v) is 18.5. The van der Waals surface area contributed by atoms with Crippen LogP contribution in [0.2, 0.25) is 0 Å². The normalized spacial score (nSPS) is 10.5. The molecule has 1 aromatic heterocycles. The molecule has 3 aromatic rings. The molecule has 1 heterocycles. The third kappa shape index (κ3) is 6.00. The molecule has 1 amide bonds. The monoisotopic (exact) mass is 473 g/mol. The summed E-state index contributed by atoms with van der Waals surface area (Å²) >= 11 is 3.38. The van der Waals surface area contributed by atoms with Gasteiger partial charge in [-0.05, 0) is 61.9 Å². The predicted octanol–water partition coefficient (Wildman–Crippen LogP) is 4.41. The van der Waals surface area contributed by atoms with E-state index < -0.39 is 0 Å². The van der Waals surface area contributed by atoms with Gasteiger partial charge in [-0.1, -0.05) is 22.0 Å². The van der Waals surface area contributed by atoms with Gasteiger partial charge < -0.3 is 19.5 Å². The van der Waals surface area contributed by atoms with Gasteiger partial charge in [-0.2, -0.15) is 5.10 Å². The Labute approximate surface area is 184 Å². The molecule has 2 aromatic carbocycles. The van der Waals surface area contributed by atoms with E-state index in [0.717, 1.165) is 15.8 Å². The van der Waals surface area contributed by atoms with E-state index in [-0.39, 0.29) is 12.6 Å². The van der Waals surface area contributed by atoms with Gasteiger partial charge in [0, 0.05) is 17.2 Å². The molecule has 0 unspecified atom stereocenters. The molecule has 7 nitrogen and oxygen atoms in total. The number of amides is 1. The second-order valence-corrected chi connectivity index (χ2v) is 7.21. The van der Waals surface area contributed by atoms with Crippen molar-refractivity contribution in [3.8, 4) is 17.2 Å². The number of carbonyl (C=O) groups excluding carboxylic acids is 1. The summed E-state index contributed by atoms with van der Waals surface area (Å²) in [5.74, 6) is 1.82. The summed E-state index contributed by atoms with van der Waals surface area (Å²) < 4.78 is 19.4.